The molecule has 144 valence electrons. The van der Waals surface area contributed by atoms with E-state index in [2.05, 4.69) is 20.9 Å². The molecule has 2 heterocycles. The number of nitrogens with zero attached hydrogens (tertiary/aromatic N) is 3. The topological polar surface area (TPSA) is 78.9 Å². The number of pyridine rings is 1. The maximum atomic E-state index is 13.0. The summed E-state index contributed by atoms with van der Waals surface area (Å²) in [6.45, 7) is 1.49. The summed E-state index contributed by atoms with van der Waals surface area (Å²) in [5.74, 6) is -0.0111. The lowest BCUT2D eigenvalue weighted by Gasteiger charge is -2.10. The quantitative estimate of drug-likeness (QED) is 0.440. The summed E-state index contributed by atoms with van der Waals surface area (Å²) in [6, 6.07) is 5.20. The van der Waals surface area contributed by atoms with Crippen molar-refractivity contribution in [3.8, 4) is 11.4 Å². The van der Waals surface area contributed by atoms with Crippen LogP contribution in [0.1, 0.15) is 12.6 Å². The second-order valence-electron chi connectivity index (χ2n) is 5.79. The molecule has 6 nitrogen and oxygen atoms in total. The Balaban J connectivity index is 2.33. The van der Waals surface area contributed by atoms with Gasteiger partial charge in [-0.05, 0) is 18.2 Å². The Morgan fingerprint density at radius 3 is 2.56 bits per heavy atom. The zero-order valence-electron chi connectivity index (χ0n) is 14.1. The van der Waals surface area contributed by atoms with E-state index in [1.54, 1.807) is 6.07 Å². The molecule has 27 heavy (non-hydrogen) atoms. The van der Waals surface area contributed by atoms with E-state index in [0.717, 1.165) is 6.20 Å². The SMILES string of the molecule is CCS(=O)(=O)c1cc(Br)ccc1-c1nc2cc(C(F)(F)F)[n+]([O-])cc2n1C. The summed E-state index contributed by atoms with van der Waals surface area (Å²) >= 11 is 3.22. The standard InChI is InChI=1S/C16H13BrF3N3O3S/c1-3-27(25,26)13-6-9(17)4-5-10(13)15-21-11-7-14(16(18,19)20)23(24)8-12(11)22(15)2/h4-8H,3H2,1-2H3. The third-order valence-corrected chi connectivity index (χ3v) is 6.37. The molecular weight excluding hydrogens is 451 g/mol. The zero-order chi connectivity index (χ0) is 20.1. The second kappa shape index (κ2) is 6.48. The molecule has 2 aromatic heterocycles. The first kappa shape index (κ1) is 19.6. The largest absolute Gasteiger partial charge is 0.618 e. The molecule has 0 saturated carbocycles. The minimum atomic E-state index is -4.83. The number of imidazole rings is 1. The van der Waals surface area contributed by atoms with Gasteiger partial charge in [0.1, 0.15) is 16.9 Å². The van der Waals surface area contributed by atoms with Crippen LogP contribution in [0.15, 0.2) is 39.8 Å². The lowest BCUT2D eigenvalue weighted by Crippen LogP contribution is -2.36. The number of fused-ring (bicyclic) bond motifs is 1. The van der Waals surface area contributed by atoms with E-state index in [1.165, 1.54) is 30.7 Å². The molecule has 0 aliphatic heterocycles. The Labute approximate surface area is 160 Å². The average molecular weight is 464 g/mol. The Bertz CT molecular complexity index is 1160. The van der Waals surface area contributed by atoms with Crippen molar-refractivity contribution < 1.29 is 26.3 Å². The lowest BCUT2D eigenvalue weighted by molar-refractivity contribution is -0.627. The van der Waals surface area contributed by atoms with Crippen LogP contribution < -0.4 is 4.73 Å². The van der Waals surface area contributed by atoms with Gasteiger partial charge in [-0.15, -0.1) is 0 Å². The normalized spacial score (nSPS) is 12.7. The molecule has 0 amide bonds. The fourth-order valence-electron chi connectivity index (χ4n) is 2.71. The van der Waals surface area contributed by atoms with Crippen molar-refractivity contribution in [3.05, 3.63) is 45.8 Å². The van der Waals surface area contributed by atoms with Crippen LogP contribution in [0.2, 0.25) is 0 Å². The number of hydrogen-bond donors (Lipinski definition) is 0. The van der Waals surface area contributed by atoms with Crippen molar-refractivity contribution in [2.24, 2.45) is 7.05 Å². The number of halogens is 4. The Hall–Kier alpha value is -2.14. The highest BCUT2D eigenvalue weighted by molar-refractivity contribution is 9.10. The van der Waals surface area contributed by atoms with Crippen LogP contribution in [0.25, 0.3) is 22.4 Å². The Morgan fingerprint density at radius 2 is 1.96 bits per heavy atom. The van der Waals surface area contributed by atoms with E-state index < -0.39 is 21.7 Å². The monoisotopic (exact) mass is 463 g/mol. The molecule has 3 rings (SSSR count). The fourth-order valence-corrected chi connectivity index (χ4v) is 4.33. The van der Waals surface area contributed by atoms with Gasteiger partial charge >= 0.3 is 11.9 Å². The number of aryl methyl sites for hydroxylation is 1. The maximum absolute atomic E-state index is 13.0. The number of aromatic nitrogens is 3. The third-order valence-electron chi connectivity index (χ3n) is 4.11. The van der Waals surface area contributed by atoms with Gasteiger partial charge in [0.15, 0.2) is 9.84 Å². The molecule has 0 aliphatic rings. The molecular formula is C16H13BrF3N3O3S. The van der Waals surface area contributed by atoms with Crippen molar-refractivity contribution in [2.45, 2.75) is 18.0 Å². The molecule has 0 saturated heterocycles. The first-order valence-corrected chi connectivity index (χ1v) is 10.1. The maximum Gasteiger partial charge on any atom is 0.478 e. The summed E-state index contributed by atoms with van der Waals surface area (Å²) in [7, 11) is -2.12. The molecule has 11 heteroatoms. The second-order valence-corrected chi connectivity index (χ2v) is 8.95. The summed E-state index contributed by atoms with van der Waals surface area (Å²) < 4.78 is 65.5. The molecule has 3 aromatic rings. The molecule has 0 radical (unpaired) electrons. The van der Waals surface area contributed by atoms with Crippen LogP contribution in [0.3, 0.4) is 0 Å². The molecule has 0 atom stereocenters. The van der Waals surface area contributed by atoms with Crippen LogP contribution in [0.5, 0.6) is 0 Å². The van der Waals surface area contributed by atoms with E-state index in [1.807, 2.05) is 0 Å². The number of sulfone groups is 1. The molecule has 0 bridgehead atoms. The van der Waals surface area contributed by atoms with Gasteiger partial charge in [-0.2, -0.15) is 17.9 Å². The van der Waals surface area contributed by atoms with E-state index in [0.29, 0.717) is 10.5 Å². The Kier molecular flexibility index (Phi) is 4.71. The molecule has 0 fully saturated rings. The van der Waals surface area contributed by atoms with Gasteiger partial charge in [-0.25, -0.2) is 13.4 Å². The number of benzene rings is 1. The predicted octanol–water partition coefficient (Wildman–Crippen LogP) is 3.45. The van der Waals surface area contributed by atoms with Crippen molar-refractivity contribution in [2.75, 3.05) is 5.75 Å². The van der Waals surface area contributed by atoms with Crippen LogP contribution in [0, 0.1) is 5.21 Å². The van der Waals surface area contributed by atoms with Gasteiger partial charge in [-0.3, -0.25) is 0 Å². The Morgan fingerprint density at radius 1 is 1.30 bits per heavy atom. The highest BCUT2D eigenvalue weighted by Crippen LogP contribution is 2.33. The highest BCUT2D eigenvalue weighted by Gasteiger charge is 2.40. The van der Waals surface area contributed by atoms with Crippen molar-refractivity contribution >= 4 is 36.8 Å². The first-order valence-electron chi connectivity index (χ1n) is 7.65. The van der Waals surface area contributed by atoms with Crippen molar-refractivity contribution in [1.82, 2.24) is 9.55 Å². The summed E-state index contributed by atoms with van der Waals surface area (Å²) in [6.07, 6.45) is -4.05. The number of rotatable bonds is 3. The molecule has 0 aliphatic carbocycles. The molecule has 1 aromatic carbocycles. The number of alkyl halides is 3. The van der Waals surface area contributed by atoms with Gasteiger partial charge in [0.25, 0.3) is 0 Å². The fraction of sp³-hybridized carbons (Fsp3) is 0.250. The molecule has 0 N–H and O–H groups in total. The van der Waals surface area contributed by atoms with Crippen LogP contribution >= 0.6 is 15.9 Å². The minimum Gasteiger partial charge on any atom is -0.618 e. The van der Waals surface area contributed by atoms with Crippen molar-refractivity contribution in [3.63, 3.8) is 0 Å². The zero-order valence-corrected chi connectivity index (χ0v) is 16.5. The highest BCUT2D eigenvalue weighted by atomic mass is 79.9. The van der Waals surface area contributed by atoms with Gasteiger partial charge < -0.3 is 9.77 Å². The van der Waals surface area contributed by atoms with E-state index >= 15 is 0 Å². The molecule has 0 unspecified atom stereocenters. The van der Waals surface area contributed by atoms with E-state index in [-0.39, 0.29) is 37.8 Å². The molecule has 0 spiro atoms. The van der Waals surface area contributed by atoms with Gasteiger partial charge in [0, 0.05) is 23.2 Å². The van der Waals surface area contributed by atoms with Gasteiger partial charge in [0.05, 0.1) is 10.6 Å². The van der Waals surface area contributed by atoms with E-state index in [9.17, 15) is 26.8 Å². The predicted molar refractivity (Wildman–Crippen MR) is 95.5 cm³/mol. The third kappa shape index (κ3) is 3.41. The summed E-state index contributed by atoms with van der Waals surface area (Å²) in [5, 5.41) is 11.7. The van der Waals surface area contributed by atoms with Crippen LogP contribution in [-0.2, 0) is 23.1 Å². The number of hydrogen-bond acceptors (Lipinski definition) is 4. The lowest BCUT2D eigenvalue weighted by atomic mass is 10.2. The summed E-state index contributed by atoms with van der Waals surface area (Å²) in [4.78, 5) is 4.17. The van der Waals surface area contributed by atoms with Crippen molar-refractivity contribution in [1.29, 1.82) is 0 Å². The van der Waals surface area contributed by atoms with Crippen LogP contribution in [-0.4, -0.2) is 23.7 Å². The first-order chi connectivity index (χ1) is 12.5. The van der Waals surface area contributed by atoms with Gasteiger partial charge in [-0.1, -0.05) is 22.9 Å². The van der Waals surface area contributed by atoms with Crippen LogP contribution in [0.4, 0.5) is 13.2 Å². The minimum absolute atomic E-state index is 0.00354. The average Bonchev–Trinajstić information content (AvgIpc) is 2.89. The van der Waals surface area contributed by atoms with E-state index in [4.69, 9.17) is 0 Å². The summed E-state index contributed by atoms with van der Waals surface area (Å²) in [5.41, 5.74) is -1.06. The smallest absolute Gasteiger partial charge is 0.478 e. The van der Waals surface area contributed by atoms with Gasteiger partial charge in [0.2, 0.25) is 6.20 Å².